The Morgan fingerprint density at radius 2 is 2.08 bits per heavy atom. The van der Waals surface area contributed by atoms with Crippen molar-refractivity contribution in [1.29, 1.82) is 0 Å². The average molecular weight is 337 g/mol. The van der Waals surface area contributed by atoms with Crippen LogP contribution in [0.15, 0.2) is 30.9 Å². The number of rotatable bonds is 5. The number of hydrogen-bond donors (Lipinski definition) is 0. The Labute approximate surface area is 140 Å². The Bertz CT molecular complexity index is 602. The molecule has 6 heteroatoms. The lowest BCUT2D eigenvalue weighted by molar-refractivity contribution is -0.0738. The first-order valence-corrected chi connectivity index (χ1v) is 8.17. The highest BCUT2D eigenvalue weighted by Crippen LogP contribution is 2.35. The van der Waals surface area contributed by atoms with E-state index in [0.717, 1.165) is 31.0 Å². The lowest BCUT2D eigenvalue weighted by atomic mass is 10.0. The van der Waals surface area contributed by atoms with Gasteiger partial charge in [0.05, 0.1) is 32.0 Å². The number of nitrogens with zero attached hydrogens (tertiary/aromatic N) is 1. The van der Waals surface area contributed by atoms with Gasteiger partial charge >= 0.3 is 0 Å². The standard InChI is InChI=1S/C18H21F2NO3/c1-2-6-23-11-12-3-4-16-17(12)24-7-5-21(16)18(22)13-8-14(19)10-15(20)9-13/h2,8-10,12,16-17H,1,3-7,11H2/t12-,16-,17-/m0/s1. The first-order valence-electron chi connectivity index (χ1n) is 8.17. The fraction of sp³-hybridized carbons (Fsp3) is 0.500. The maximum Gasteiger partial charge on any atom is 0.254 e. The van der Waals surface area contributed by atoms with E-state index in [1.807, 2.05) is 0 Å². The van der Waals surface area contributed by atoms with Crippen molar-refractivity contribution >= 4 is 5.91 Å². The molecule has 0 spiro atoms. The van der Waals surface area contributed by atoms with Crippen LogP contribution in [0, 0.1) is 17.6 Å². The molecule has 130 valence electrons. The van der Waals surface area contributed by atoms with E-state index in [0.29, 0.717) is 26.4 Å². The van der Waals surface area contributed by atoms with Crippen molar-refractivity contribution in [2.75, 3.05) is 26.4 Å². The van der Waals surface area contributed by atoms with Gasteiger partial charge in [0.2, 0.25) is 0 Å². The zero-order valence-electron chi connectivity index (χ0n) is 13.4. The second-order valence-corrected chi connectivity index (χ2v) is 6.22. The van der Waals surface area contributed by atoms with Gasteiger partial charge in [-0.05, 0) is 25.0 Å². The molecule has 1 aromatic rings. The van der Waals surface area contributed by atoms with Crippen LogP contribution >= 0.6 is 0 Å². The highest BCUT2D eigenvalue weighted by atomic mass is 19.1. The minimum atomic E-state index is -0.745. The predicted octanol–water partition coefficient (Wildman–Crippen LogP) is 2.79. The second-order valence-electron chi connectivity index (χ2n) is 6.22. The summed E-state index contributed by atoms with van der Waals surface area (Å²) in [6.45, 7) is 5.51. The van der Waals surface area contributed by atoms with Crippen LogP contribution in [-0.2, 0) is 9.47 Å². The lowest BCUT2D eigenvalue weighted by Crippen LogP contribution is -2.53. The van der Waals surface area contributed by atoms with Gasteiger partial charge in [-0.15, -0.1) is 6.58 Å². The van der Waals surface area contributed by atoms with Crippen molar-refractivity contribution < 1.29 is 23.0 Å². The summed E-state index contributed by atoms with van der Waals surface area (Å²) in [4.78, 5) is 14.4. The number of fused-ring (bicyclic) bond motifs is 1. The number of hydrogen-bond acceptors (Lipinski definition) is 3. The van der Waals surface area contributed by atoms with Crippen molar-refractivity contribution in [2.45, 2.75) is 25.0 Å². The maximum absolute atomic E-state index is 13.4. The number of morpholine rings is 1. The first-order chi connectivity index (χ1) is 11.6. The number of ether oxygens (including phenoxy) is 2. The van der Waals surface area contributed by atoms with Crippen LogP contribution in [0.1, 0.15) is 23.2 Å². The molecule has 1 aliphatic carbocycles. The molecule has 3 atom stereocenters. The third-order valence-corrected chi connectivity index (χ3v) is 4.66. The van der Waals surface area contributed by atoms with Gasteiger partial charge in [-0.3, -0.25) is 4.79 Å². The number of carbonyl (C=O) groups is 1. The highest BCUT2D eigenvalue weighted by Gasteiger charge is 2.44. The van der Waals surface area contributed by atoms with Gasteiger partial charge < -0.3 is 14.4 Å². The quantitative estimate of drug-likeness (QED) is 0.613. The van der Waals surface area contributed by atoms with Gasteiger partial charge in [-0.1, -0.05) is 6.08 Å². The third-order valence-electron chi connectivity index (χ3n) is 4.66. The number of halogens is 2. The molecule has 2 aliphatic rings. The number of benzene rings is 1. The minimum Gasteiger partial charge on any atom is -0.377 e. The SMILES string of the molecule is C=CCOC[C@@H]1CC[C@H]2[C@H]1OCCN2C(=O)c1cc(F)cc(F)c1. The van der Waals surface area contributed by atoms with Gasteiger partial charge in [0.25, 0.3) is 5.91 Å². The lowest BCUT2D eigenvalue weighted by Gasteiger charge is -2.39. The van der Waals surface area contributed by atoms with Crippen LogP contribution < -0.4 is 0 Å². The van der Waals surface area contributed by atoms with Crippen molar-refractivity contribution in [3.05, 3.63) is 48.1 Å². The summed E-state index contributed by atoms with van der Waals surface area (Å²) < 4.78 is 38.2. The van der Waals surface area contributed by atoms with E-state index in [4.69, 9.17) is 9.47 Å². The Morgan fingerprint density at radius 1 is 1.33 bits per heavy atom. The molecule has 0 aromatic heterocycles. The Kier molecular flexibility index (Phi) is 5.26. The molecule has 1 aliphatic heterocycles. The molecule has 0 unspecified atom stereocenters. The van der Waals surface area contributed by atoms with E-state index in [9.17, 15) is 13.6 Å². The van der Waals surface area contributed by atoms with Crippen LogP contribution in [0.25, 0.3) is 0 Å². The Balaban J connectivity index is 1.72. The summed E-state index contributed by atoms with van der Waals surface area (Å²) in [5.74, 6) is -1.62. The highest BCUT2D eigenvalue weighted by molar-refractivity contribution is 5.94. The van der Waals surface area contributed by atoms with Crippen molar-refractivity contribution in [2.24, 2.45) is 5.92 Å². The normalized spacial score (nSPS) is 26.2. The maximum atomic E-state index is 13.4. The van der Waals surface area contributed by atoms with Gasteiger partial charge in [0.15, 0.2) is 0 Å². The molecule has 1 amide bonds. The van der Waals surface area contributed by atoms with Gasteiger partial charge in [0, 0.05) is 24.1 Å². The average Bonchev–Trinajstić information content (AvgIpc) is 2.97. The predicted molar refractivity (Wildman–Crippen MR) is 84.7 cm³/mol. The molecule has 3 rings (SSSR count). The second kappa shape index (κ2) is 7.40. The molecule has 1 aromatic carbocycles. The van der Waals surface area contributed by atoms with E-state index in [1.165, 1.54) is 0 Å². The molecule has 1 saturated carbocycles. The zero-order valence-corrected chi connectivity index (χ0v) is 13.4. The number of carbonyl (C=O) groups excluding carboxylic acids is 1. The zero-order chi connectivity index (χ0) is 17.1. The molecule has 0 bridgehead atoms. The molecule has 2 fully saturated rings. The van der Waals surface area contributed by atoms with Gasteiger partial charge in [-0.25, -0.2) is 8.78 Å². The van der Waals surface area contributed by atoms with Gasteiger partial charge in [-0.2, -0.15) is 0 Å². The van der Waals surface area contributed by atoms with E-state index in [-0.39, 0.29) is 29.5 Å². The van der Waals surface area contributed by atoms with Crippen LogP contribution in [0.5, 0.6) is 0 Å². The summed E-state index contributed by atoms with van der Waals surface area (Å²) in [7, 11) is 0. The molecular formula is C18H21F2NO3. The molecular weight excluding hydrogens is 316 g/mol. The molecule has 24 heavy (non-hydrogen) atoms. The Hall–Kier alpha value is -1.79. The van der Waals surface area contributed by atoms with E-state index in [2.05, 4.69) is 6.58 Å². The fourth-order valence-electron chi connectivity index (χ4n) is 3.64. The van der Waals surface area contributed by atoms with Crippen molar-refractivity contribution in [3.8, 4) is 0 Å². The largest absolute Gasteiger partial charge is 0.377 e. The molecule has 0 N–H and O–H groups in total. The monoisotopic (exact) mass is 337 g/mol. The minimum absolute atomic E-state index is 0.0412. The third kappa shape index (κ3) is 3.49. The Morgan fingerprint density at radius 3 is 2.79 bits per heavy atom. The van der Waals surface area contributed by atoms with Crippen molar-refractivity contribution in [1.82, 2.24) is 4.90 Å². The van der Waals surface area contributed by atoms with Crippen LogP contribution in [0.2, 0.25) is 0 Å². The smallest absolute Gasteiger partial charge is 0.254 e. The summed E-state index contributed by atoms with van der Waals surface area (Å²) in [6.07, 6.45) is 3.30. The summed E-state index contributed by atoms with van der Waals surface area (Å²) in [5.41, 5.74) is 0.0412. The molecule has 1 heterocycles. The summed E-state index contributed by atoms with van der Waals surface area (Å²) in [6, 6.07) is 2.85. The van der Waals surface area contributed by atoms with Crippen LogP contribution in [0.4, 0.5) is 8.78 Å². The van der Waals surface area contributed by atoms with E-state index >= 15 is 0 Å². The van der Waals surface area contributed by atoms with Crippen LogP contribution in [0.3, 0.4) is 0 Å². The molecule has 1 saturated heterocycles. The van der Waals surface area contributed by atoms with Crippen LogP contribution in [-0.4, -0.2) is 49.3 Å². The molecule has 4 nitrogen and oxygen atoms in total. The number of amides is 1. The molecule has 0 radical (unpaired) electrons. The fourth-order valence-corrected chi connectivity index (χ4v) is 3.64. The summed E-state index contributed by atoms with van der Waals surface area (Å²) in [5, 5.41) is 0. The first kappa shape index (κ1) is 17.0. The van der Waals surface area contributed by atoms with Gasteiger partial charge in [0.1, 0.15) is 11.6 Å². The topological polar surface area (TPSA) is 38.8 Å². The van der Waals surface area contributed by atoms with E-state index in [1.54, 1.807) is 11.0 Å². The summed E-state index contributed by atoms with van der Waals surface area (Å²) >= 11 is 0. The van der Waals surface area contributed by atoms with Crippen molar-refractivity contribution in [3.63, 3.8) is 0 Å². The van der Waals surface area contributed by atoms with E-state index < -0.39 is 11.6 Å².